The van der Waals surface area contributed by atoms with E-state index in [1.54, 1.807) is 0 Å². The number of fused-ring (bicyclic) bond motifs is 3. The highest BCUT2D eigenvalue weighted by atomic mass is 79.9. The molecule has 3 aliphatic heterocycles. The van der Waals surface area contributed by atoms with E-state index in [2.05, 4.69) is 38.7 Å². The van der Waals surface area contributed by atoms with E-state index in [0.29, 0.717) is 11.6 Å². The molecule has 2 aromatic carbocycles. The highest BCUT2D eigenvalue weighted by Gasteiger charge is 2.43. The predicted octanol–water partition coefficient (Wildman–Crippen LogP) is 7.22. The number of rotatable bonds is 6. The molecule has 0 radical (unpaired) electrons. The van der Waals surface area contributed by atoms with E-state index < -0.39 is 5.60 Å². The zero-order chi connectivity index (χ0) is 27.6. The summed E-state index contributed by atoms with van der Waals surface area (Å²) in [7, 11) is 0. The molecule has 2 fully saturated rings. The molecule has 0 aromatic heterocycles. The minimum Gasteiger partial charge on any atom is -0.444 e. The van der Waals surface area contributed by atoms with E-state index >= 15 is 4.39 Å². The van der Waals surface area contributed by atoms with E-state index in [9.17, 15) is 4.79 Å². The van der Waals surface area contributed by atoms with Crippen molar-refractivity contribution in [1.29, 1.82) is 0 Å². The van der Waals surface area contributed by atoms with E-state index in [1.165, 1.54) is 11.6 Å². The van der Waals surface area contributed by atoms with Gasteiger partial charge in [0.1, 0.15) is 11.4 Å². The van der Waals surface area contributed by atoms with Crippen molar-refractivity contribution in [3.63, 3.8) is 0 Å². The lowest BCUT2D eigenvalue weighted by molar-refractivity contribution is -0.0918. The summed E-state index contributed by atoms with van der Waals surface area (Å²) in [5.41, 5.74) is 2.17. The molecular weight excluding hydrogens is 561 g/mol. The Morgan fingerprint density at radius 1 is 1.15 bits per heavy atom. The number of carbonyl (C=O) groups is 1. The second-order valence-electron chi connectivity index (χ2n) is 12.2. The first kappa shape index (κ1) is 28.4. The number of hydrogen-bond donors (Lipinski definition) is 2. The van der Waals surface area contributed by atoms with Gasteiger partial charge in [-0.2, -0.15) is 0 Å². The van der Waals surface area contributed by atoms with Crippen LogP contribution in [0.25, 0.3) is 0 Å². The fourth-order valence-electron chi connectivity index (χ4n) is 6.23. The summed E-state index contributed by atoms with van der Waals surface area (Å²) in [5.74, 6) is 0.594. The first-order chi connectivity index (χ1) is 18.7. The van der Waals surface area contributed by atoms with Crippen LogP contribution in [0.5, 0.6) is 0 Å². The van der Waals surface area contributed by atoms with Crippen LogP contribution in [-0.4, -0.2) is 48.9 Å². The van der Waals surface area contributed by atoms with Gasteiger partial charge in [0.2, 0.25) is 0 Å². The van der Waals surface area contributed by atoms with Gasteiger partial charge in [-0.05, 0) is 83.0 Å². The fraction of sp³-hybridized carbons (Fsp3) is 0.581. The van der Waals surface area contributed by atoms with Gasteiger partial charge in [-0.25, -0.2) is 9.18 Å². The van der Waals surface area contributed by atoms with Crippen molar-refractivity contribution in [1.82, 2.24) is 10.2 Å². The summed E-state index contributed by atoms with van der Waals surface area (Å²) in [4.78, 5) is 14.2. The molecule has 2 saturated heterocycles. The molecule has 1 amide bonds. The van der Waals surface area contributed by atoms with Crippen molar-refractivity contribution >= 4 is 27.7 Å². The Hall–Kier alpha value is -2.16. The number of nitrogens with one attached hydrogen (secondary N) is 2. The standard InChI is InChI=1S/C31H41BrFN3O3/c1-31(2,3)39-30(37)36-15-12-20(13-16-36)11-14-34-19-23-9-10-24-27(21-7-5-4-6-8-21)35-28-25(29(24)38-23)17-22(32)18-26(28)33/h4-8,17-18,20,23-24,27,29,34-35H,9-16,19H2,1-3H3/t23-,24+,27+,29+/m1/s1. The lowest BCUT2D eigenvalue weighted by Crippen LogP contribution is -2.43. The first-order valence-corrected chi connectivity index (χ1v) is 15.1. The number of carbonyl (C=O) groups excluding carboxylic acids is 1. The quantitative estimate of drug-likeness (QED) is 0.342. The molecule has 212 valence electrons. The van der Waals surface area contributed by atoms with Crippen LogP contribution in [0.15, 0.2) is 46.9 Å². The Morgan fingerprint density at radius 3 is 2.62 bits per heavy atom. The number of anilines is 1. The molecule has 0 unspecified atom stereocenters. The summed E-state index contributed by atoms with van der Waals surface area (Å²) >= 11 is 3.48. The van der Waals surface area contributed by atoms with Crippen LogP contribution in [0.4, 0.5) is 14.9 Å². The lowest BCUT2D eigenvalue weighted by atomic mass is 9.76. The molecule has 2 N–H and O–H groups in total. The molecular formula is C31H41BrFN3O3. The van der Waals surface area contributed by atoms with E-state index in [-0.39, 0.29) is 36.1 Å². The minimum absolute atomic E-state index is 0.0137. The van der Waals surface area contributed by atoms with Crippen LogP contribution < -0.4 is 10.6 Å². The van der Waals surface area contributed by atoms with Gasteiger partial charge in [-0.3, -0.25) is 0 Å². The van der Waals surface area contributed by atoms with Crippen molar-refractivity contribution in [2.24, 2.45) is 11.8 Å². The molecule has 0 aliphatic carbocycles. The van der Waals surface area contributed by atoms with E-state index in [0.717, 1.165) is 68.3 Å². The lowest BCUT2D eigenvalue weighted by Gasteiger charge is -2.46. The van der Waals surface area contributed by atoms with Gasteiger partial charge in [-0.1, -0.05) is 46.3 Å². The van der Waals surface area contributed by atoms with Gasteiger partial charge in [0.05, 0.1) is 23.9 Å². The van der Waals surface area contributed by atoms with Crippen molar-refractivity contribution < 1.29 is 18.7 Å². The molecule has 4 atom stereocenters. The predicted molar refractivity (Wildman–Crippen MR) is 155 cm³/mol. The molecule has 8 heteroatoms. The largest absolute Gasteiger partial charge is 0.444 e. The number of halogens is 2. The topological polar surface area (TPSA) is 62.8 Å². The monoisotopic (exact) mass is 601 g/mol. The van der Waals surface area contributed by atoms with Crippen LogP contribution in [0.2, 0.25) is 0 Å². The zero-order valence-corrected chi connectivity index (χ0v) is 24.8. The average molecular weight is 603 g/mol. The van der Waals surface area contributed by atoms with Gasteiger partial charge in [-0.15, -0.1) is 0 Å². The first-order valence-electron chi connectivity index (χ1n) is 14.3. The van der Waals surface area contributed by atoms with E-state index in [4.69, 9.17) is 9.47 Å². The maximum atomic E-state index is 15.1. The number of piperidine rings is 1. The second-order valence-corrected chi connectivity index (χ2v) is 13.1. The molecule has 0 spiro atoms. The number of likely N-dealkylation sites (tertiary alicyclic amines) is 1. The van der Waals surface area contributed by atoms with Gasteiger partial charge in [0.25, 0.3) is 0 Å². The van der Waals surface area contributed by atoms with Crippen molar-refractivity contribution in [2.75, 3.05) is 31.5 Å². The third-order valence-electron chi connectivity index (χ3n) is 8.20. The SMILES string of the molecule is CC(C)(C)OC(=O)N1CCC(CCNC[C@H]2CC[C@@H]3[C@H](O2)c2cc(Br)cc(F)c2N[C@H]3c2ccccc2)CC1. The average Bonchev–Trinajstić information content (AvgIpc) is 2.90. The van der Waals surface area contributed by atoms with Crippen LogP contribution >= 0.6 is 15.9 Å². The third-order valence-corrected chi connectivity index (χ3v) is 8.65. The zero-order valence-electron chi connectivity index (χ0n) is 23.2. The van der Waals surface area contributed by atoms with E-state index in [1.807, 2.05) is 49.9 Å². The highest BCUT2D eigenvalue weighted by molar-refractivity contribution is 9.10. The molecule has 0 saturated carbocycles. The fourth-order valence-corrected chi connectivity index (χ4v) is 6.67. The molecule has 2 aromatic rings. The maximum absolute atomic E-state index is 15.1. The van der Waals surface area contributed by atoms with Crippen LogP contribution in [-0.2, 0) is 9.47 Å². The molecule has 6 nitrogen and oxygen atoms in total. The Kier molecular flexibility index (Phi) is 8.84. The highest BCUT2D eigenvalue weighted by Crippen LogP contribution is 2.51. The van der Waals surface area contributed by atoms with Gasteiger partial charge in [0, 0.05) is 35.6 Å². The molecule has 3 heterocycles. The Morgan fingerprint density at radius 2 is 1.90 bits per heavy atom. The summed E-state index contributed by atoms with van der Waals surface area (Å²) in [6, 6.07) is 13.9. The van der Waals surface area contributed by atoms with Gasteiger partial charge in [0.15, 0.2) is 0 Å². The molecule has 3 aliphatic rings. The Bertz CT molecular complexity index is 1130. The molecule has 39 heavy (non-hydrogen) atoms. The van der Waals surface area contributed by atoms with Gasteiger partial charge >= 0.3 is 6.09 Å². The summed E-state index contributed by atoms with van der Waals surface area (Å²) < 4.78 is 28.0. The molecule has 5 rings (SSSR count). The normalized spacial score (nSPS) is 25.4. The van der Waals surface area contributed by atoms with Crippen molar-refractivity contribution in [2.45, 2.75) is 76.7 Å². The van der Waals surface area contributed by atoms with Gasteiger partial charge < -0.3 is 25.0 Å². The number of nitrogens with zero attached hydrogens (tertiary/aromatic N) is 1. The van der Waals surface area contributed by atoms with Crippen molar-refractivity contribution in [3.8, 4) is 0 Å². The number of hydrogen-bond acceptors (Lipinski definition) is 5. The summed E-state index contributed by atoms with van der Waals surface area (Å²) in [6.07, 6.45) is 4.82. The van der Waals surface area contributed by atoms with Crippen molar-refractivity contribution in [3.05, 3.63) is 63.9 Å². The van der Waals surface area contributed by atoms with Crippen LogP contribution in [0.3, 0.4) is 0 Å². The summed E-state index contributed by atoms with van der Waals surface area (Å²) in [6.45, 7) is 8.95. The number of benzene rings is 2. The minimum atomic E-state index is -0.456. The second kappa shape index (κ2) is 12.1. The third kappa shape index (κ3) is 6.95. The maximum Gasteiger partial charge on any atom is 0.410 e. The summed E-state index contributed by atoms with van der Waals surface area (Å²) in [5, 5.41) is 7.13. The smallest absolute Gasteiger partial charge is 0.410 e. The number of ether oxygens (including phenoxy) is 2. The number of amides is 1. The Balaban J connectivity index is 1.14. The Labute approximate surface area is 240 Å². The molecule has 0 bridgehead atoms. The van der Waals surface area contributed by atoms with Crippen LogP contribution in [0, 0.1) is 17.7 Å². The van der Waals surface area contributed by atoms with Crippen LogP contribution in [0.1, 0.15) is 76.1 Å².